The molecule has 1 aliphatic heterocycles. The largest absolute Gasteiger partial charge is 0.346 e. The first kappa shape index (κ1) is 15.7. The number of hydrogen-bond donors (Lipinski definition) is 0. The molecule has 5 rings (SSSR count). The van der Waals surface area contributed by atoms with E-state index in [1.165, 1.54) is 65.7 Å². The van der Waals surface area contributed by atoms with Crippen molar-refractivity contribution < 1.29 is 0 Å². The highest BCUT2D eigenvalue weighted by molar-refractivity contribution is 7.19. The van der Waals surface area contributed by atoms with Gasteiger partial charge in [0, 0.05) is 22.5 Å². The van der Waals surface area contributed by atoms with Crippen LogP contribution in [0.3, 0.4) is 0 Å². The van der Waals surface area contributed by atoms with Crippen LogP contribution in [0, 0.1) is 6.92 Å². The van der Waals surface area contributed by atoms with Gasteiger partial charge in [0.2, 0.25) is 0 Å². The molecule has 0 bridgehead atoms. The fourth-order valence-corrected chi connectivity index (χ4v) is 6.42. The quantitative estimate of drug-likeness (QED) is 0.632. The van der Waals surface area contributed by atoms with E-state index in [9.17, 15) is 0 Å². The average Bonchev–Trinajstić information content (AvgIpc) is 3.25. The molecule has 1 aliphatic carbocycles. The van der Waals surface area contributed by atoms with Crippen LogP contribution in [-0.2, 0) is 12.8 Å². The molecular formula is C19H22N4S2. The summed E-state index contributed by atoms with van der Waals surface area (Å²) in [6.45, 7) is 3.16. The molecule has 6 heteroatoms. The number of thiazole rings is 1. The summed E-state index contributed by atoms with van der Waals surface area (Å²) in [5, 5.41) is 4.75. The van der Waals surface area contributed by atoms with Crippen LogP contribution in [0.4, 0.5) is 5.82 Å². The Morgan fingerprint density at radius 3 is 2.92 bits per heavy atom. The number of nitrogens with zero attached hydrogens (tertiary/aromatic N) is 4. The number of anilines is 1. The van der Waals surface area contributed by atoms with Gasteiger partial charge in [0.25, 0.3) is 0 Å². The van der Waals surface area contributed by atoms with Gasteiger partial charge in [-0.3, -0.25) is 0 Å². The van der Waals surface area contributed by atoms with Crippen LogP contribution in [0.1, 0.15) is 59.3 Å². The third-order valence-corrected chi connectivity index (χ3v) is 7.69. The van der Waals surface area contributed by atoms with Crippen LogP contribution in [0.15, 0.2) is 11.7 Å². The van der Waals surface area contributed by atoms with Crippen molar-refractivity contribution >= 4 is 38.7 Å². The molecule has 1 fully saturated rings. The highest BCUT2D eigenvalue weighted by atomic mass is 32.1. The maximum absolute atomic E-state index is 4.80. The molecule has 2 aliphatic rings. The predicted octanol–water partition coefficient (Wildman–Crippen LogP) is 5.07. The number of hydrogen-bond acceptors (Lipinski definition) is 6. The molecule has 1 saturated heterocycles. The molecule has 0 radical (unpaired) electrons. The van der Waals surface area contributed by atoms with Crippen LogP contribution in [0.2, 0.25) is 0 Å². The van der Waals surface area contributed by atoms with Gasteiger partial charge < -0.3 is 4.90 Å². The first-order chi connectivity index (χ1) is 12.3. The molecule has 25 heavy (non-hydrogen) atoms. The van der Waals surface area contributed by atoms with Gasteiger partial charge in [0.1, 0.15) is 22.0 Å². The van der Waals surface area contributed by atoms with Crippen molar-refractivity contribution in [3.05, 3.63) is 32.8 Å². The molecule has 3 aromatic heterocycles. The third-order valence-electron chi connectivity index (χ3n) is 5.43. The van der Waals surface area contributed by atoms with Gasteiger partial charge in [-0.25, -0.2) is 15.0 Å². The van der Waals surface area contributed by atoms with Crippen molar-refractivity contribution in [1.29, 1.82) is 0 Å². The molecule has 0 saturated carbocycles. The number of piperidine rings is 1. The molecule has 0 amide bonds. The van der Waals surface area contributed by atoms with Crippen LogP contribution in [0.25, 0.3) is 10.2 Å². The summed E-state index contributed by atoms with van der Waals surface area (Å²) in [4.78, 5) is 19.4. The lowest BCUT2D eigenvalue weighted by atomic mass is 9.96. The maximum Gasteiger partial charge on any atom is 0.141 e. The van der Waals surface area contributed by atoms with E-state index in [1.54, 1.807) is 22.5 Å². The predicted molar refractivity (Wildman–Crippen MR) is 105 cm³/mol. The minimum Gasteiger partial charge on any atom is -0.346 e. The second kappa shape index (κ2) is 6.32. The fraction of sp³-hybridized carbons (Fsp3) is 0.526. The molecular weight excluding hydrogens is 348 g/mol. The molecule has 4 heterocycles. The first-order valence-corrected chi connectivity index (χ1v) is 10.9. The normalized spacial score (nSPS) is 20.8. The number of aromatic nitrogens is 3. The van der Waals surface area contributed by atoms with E-state index >= 15 is 0 Å². The van der Waals surface area contributed by atoms with Gasteiger partial charge >= 0.3 is 0 Å². The second-order valence-corrected chi connectivity index (χ2v) is 9.09. The highest BCUT2D eigenvalue weighted by Gasteiger charge is 2.30. The monoisotopic (exact) mass is 370 g/mol. The summed E-state index contributed by atoms with van der Waals surface area (Å²) in [5.74, 6) is 1.15. The van der Waals surface area contributed by atoms with E-state index in [2.05, 4.69) is 22.2 Å². The molecule has 3 aromatic rings. The lowest BCUT2D eigenvalue weighted by molar-refractivity contribution is 0.469. The Labute approximate surface area is 156 Å². The molecule has 4 nitrogen and oxygen atoms in total. The fourth-order valence-electron chi connectivity index (χ4n) is 4.26. The molecule has 0 N–H and O–H groups in total. The molecule has 1 atom stereocenters. The van der Waals surface area contributed by atoms with Gasteiger partial charge in [-0.2, -0.15) is 0 Å². The zero-order chi connectivity index (χ0) is 16.8. The summed E-state index contributed by atoms with van der Waals surface area (Å²) >= 11 is 3.69. The minimum absolute atomic E-state index is 0.365. The number of rotatable bonds is 2. The third kappa shape index (κ3) is 2.66. The molecule has 0 aromatic carbocycles. The van der Waals surface area contributed by atoms with Crippen molar-refractivity contribution in [2.24, 2.45) is 0 Å². The number of aryl methyl sites for hydroxylation is 3. The highest BCUT2D eigenvalue weighted by Crippen LogP contribution is 2.43. The van der Waals surface area contributed by atoms with Crippen molar-refractivity contribution in [2.45, 2.75) is 57.9 Å². The Morgan fingerprint density at radius 1 is 1.12 bits per heavy atom. The topological polar surface area (TPSA) is 41.9 Å². The number of fused-ring (bicyclic) bond motifs is 3. The van der Waals surface area contributed by atoms with Gasteiger partial charge in [-0.15, -0.1) is 22.7 Å². The Hall–Kier alpha value is -1.53. The summed E-state index contributed by atoms with van der Waals surface area (Å²) in [6, 6.07) is 0.365. The molecule has 1 unspecified atom stereocenters. The lowest BCUT2D eigenvalue weighted by Gasteiger charge is -2.36. The standard InChI is InChI=1S/C19H22N4S2/c1-12-10-24-18(22-12)14-7-4-5-9-23(14)17-16-13-6-2-3-8-15(13)25-19(16)21-11-20-17/h10-11,14H,2-9H2,1H3. The summed E-state index contributed by atoms with van der Waals surface area (Å²) in [5.41, 5.74) is 2.66. The van der Waals surface area contributed by atoms with Crippen molar-refractivity contribution in [2.75, 3.05) is 11.4 Å². The Kier molecular flexibility index (Phi) is 3.97. The van der Waals surface area contributed by atoms with Crippen molar-refractivity contribution in [3.8, 4) is 0 Å². The number of thiophene rings is 1. The smallest absolute Gasteiger partial charge is 0.141 e. The van der Waals surface area contributed by atoms with Gasteiger partial charge in [-0.05, 0) is 57.4 Å². The van der Waals surface area contributed by atoms with Crippen molar-refractivity contribution in [3.63, 3.8) is 0 Å². The van der Waals surface area contributed by atoms with E-state index < -0.39 is 0 Å². The molecule has 130 valence electrons. The van der Waals surface area contributed by atoms with E-state index in [0.717, 1.165) is 18.1 Å². The zero-order valence-corrected chi connectivity index (χ0v) is 16.1. The Morgan fingerprint density at radius 2 is 2.04 bits per heavy atom. The first-order valence-electron chi connectivity index (χ1n) is 9.25. The maximum atomic E-state index is 4.80. The SMILES string of the molecule is Cc1csc(C2CCCCN2c2ncnc3sc4c(c23)CCCC4)n1. The van der Waals surface area contributed by atoms with Crippen LogP contribution in [0.5, 0.6) is 0 Å². The summed E-state index contributed by atoms with van der Waals surface area (Å²) in [6.07, 6.45) is 10.4. The average molecular weight is 371 g/mol. The molecule has 0 spiro atoms. The Balaban J connectivity index is 1.64. The van der Waals surface area contributed by atoms with Gasteiger partial charge in [-0.1, -0.05) is 0 Å². The summed E-state index contributed by atoms with van der Waals surface area (Å²) in [7, 11) is 0. The zero-order valence-electron chi connectivity index (χ0n) is 14.5. The lowest BCUT2D eigenvalue weighted by Crippen LogP contribution is -2.34. The minimum atomic E-state index is 0.365. The van der Waals surface area contributed by atoms with Crippen LogP contribution >= 0.6 is 22.7 Å². The second-order valence-electron chi connectivity index (χ2n) is 7.12. The summed E-state index contributed by atoms with van der Waals surface area (Å²) < 4.78 is 0. The van der Waals surface area contributed by atoms with E-state index in [-0.39, 0.29) is 0 Å². The Bertz CT molecular complexity index is 913. The van der Waals surface area contributed by atoms with E-state index in [0.29, 0.717) is 6.04 Å². The van der Waals surface area contributed by atoms with Crippen LogP contribution < -0.4 is 4.90 Å². The van der Waals surface area contributed by atoms with Gasteiger partial charge in [0.15, 0.2) is 0 Å². The van der Waals surface area contributed by atoms with Gasteiger partial charge in [0.05, 0.1) is 11.4 Å². The van der Waals surface area contributed by atoms with Crippen molar-refractivity contribution in [1.82, 2.24) is 15.0 Å². The van der Waals surface area contributed by atoms with E-state index in [1.807, 2.05) is 11.3 Å². The van der Waals surface area contributed by atoms with Crippen LogP contribution in [-0.4, -0.2) is 21.5 Å². The van der Waals surface area contributed by atoms with E-state index in [4.69, 9.17) is 9.97 Å².